The number of benzene rings is 1. The smallest absolute Gasteiger partial charge is 0.242 e. The van der Waals surface area contributed by atoms with Crippen LogP contribution in [0.4, 0.5) is 0 Å². The van der Waals surface area contributed by atoms with Crippen LogP contribution in [0, 0.1) is 18.8 Å². The lowest BCUT2D eigenvalue weighted by Crippen LogP contribution is -2.47. The second-order valence-electron chi connectivity index (χ2n) is 9.51. The number of nitrogens with zero attached hydrogens (tertiary/aromatic N) is 2. The number of ether oxygens (including phenoxy) is 2. The summed E-state index contributed by atoms with van der Waals surface area (Å²) in [4.78, 5) is 30.0. The first-order valence-electron chi connectivity index (χ1n) is 12.1. The molecular formula is C27H38N2O5. The Balaban J connectivity index is 1.74. The quantitative estimate of drug-likeness (QED) is 0.458. The van der Waals surface area contributed by atoms with Crippen molar-refractivity contribution in [1.82, 2.24) is 9.80 Å². The van der Waals surface area contributed by atoms with E-state index in [-0.39, 0.29) is 24.3 Å². The summed E-state index contributed by atoms with van der Waals surface area (Å²) in [5.41, 5.74) is 1.04. The molecule has 0 unspecified atom stereocenters. The fourth-order valence-corrected chi connectivity index (χ4v) is 4.20. The Hall–Kier alpha value is -2.96. The van der Waals surface area contributed by atoms with E-state index in [1.165, 1.54) is 0 Å². The molecule has 1 aliphatic rings. The molecule has 186 valence electrons. The van der Waals surface area contributed by atoms with Gasteiger partial charge >= 0.3 is 0 Å². The topological polar surface area (TPSA) is 72.2 Å². The van der Waals surface area contributed by atoms with Crippen LogP contribution in [0.2, 0.25) is 0 Å². The van der Waals surface area contributed by atoms with E-state index in [1.807, 2.05) is 37.3 Å². The normalized spacial score (nSPS) is 13.5. The van der Waals surface area contributed by atoms with E-state index < -0.39 is 0 Å². The van der Waals surface area contributed by atoms with Crippen molar-refractivity contribution >= 4 is 11.8 Å². The zero-order chi connectivity index (χ0) is 24.7. The van der Waals surface area contributed by atoms with Gasteiger partial charge in [-0.05, 0) is 61.9 Å². The second kappa shape index (κ2) is 12.0. The van der Waals surface area contributed by atoms with E-state index in [1.54, 1.807) is 24.0 Å². The van der Waals surface area contributed by atoms with Crippen molar-refractivity contribution in [3.05, 3.63) is 47.4 Å². The predicted octanol–water partition coefficient (Wildman–Crippen LogP) is 4.46. The van der Waals surface area contributed by atoms with Gasteiger partial charge in [0.2, 0.25) is 11.8 Å². The summed E-state index contributed by atoms with van der Waals surface area (Å²) in [5.74, 6) is 3.29. The molecule has 3 rings (SSSR count). The Morgan fingerprint density at radius 2 is 1.79 bits per heavy atom. The van der Waals surface area contributed by atoms with Gasteiger partial charge in [0.25, 0.3) is 0 Å². The number of hydrogen-bond acceptors (Lipinski definition) is 5. The number of rotatable bonds is 12. The summed E-state index contributed by atoms with van der Waals surface area (Å²) < 4.78 is 16.5. The van der Waals surface area contributed by atoms with Crippen molar-refractivity contribution in [3.8, 4) is 11.5 Å². The third-order valence-electron chi connectivity index (χ3n) is 6.29. The second-order valence-corrected chi connectivity index (χ2v) is 9.51. The largest absolute Gasteiger partial charge is 0.493 e. The molecule has 1 saturated carbocycles. The van der Waals surface area contributed by atoms with Gasteiger partial charge < -0.3 is 23.7 Å². The summed E-state index contributed by atoms with van der Waals surface area (Å²) in [6.07, 6.45) is 3.59. The van der Waals surface area contributed by atoms with Crippen LogP contribution < -0.4 is 9.47 Å². The Morgan fingerprint density at radius 1 is 1.06 bits per heavy atom. The van der Waals surface area contributed by atoms with Gasteiger partial charge in [0.15, 0.2) is 11.5 Å². The summed E-state index contributed by atoms with van der Waals surface area (Å²) >= 11 is 0. The molecule has 1 aliphatic carbocycles. The zero-order valence-corrected chi connectivity index (χ0v) is 21.1. The standard InChI is InChI=1S/C27H38N2O5/c1-19(2)16-29(27(31)22-7-6-8-22)18-26(30)28(17-23-11-9-20(3)34-23)14-13-21-10-12-24(32-4)25(15-21)33-5/h9-12,15,19,22H,6-8,13-14,16-18H2,1-5H3. The monoisotopic (exact) mass is 470 g/mol. The molecule has 0 bridgehead atoms. The molecule has 0 atom stereocenters. The van der Waals surface area contributed by atoms with Gasteiger partial charge in [-0.15, -0.1) is 0 Å². The van der Waals surface area contributed by atoms with Crippen LogP contribution in [-0.4, -0.2) is 55.5 Å². The molecule has 1 aromatic heterocycles. The number of furan rings is 1. The predicted molar refractivity (Wildman–Crippen MR) is 131 cm³/mol. The minimum atomic E-state index is -0.0668. The van der Waals surface area contributed by atoms with Crippen LogP contribution >= 0.6 is 0 Å². The van der Waals surface area contributed by atoms with Gasteiger partial charge in [-0.3, -0.25) is 9.59 Å². The molecule has 1 heterocycles. The first-order valence-corrected chi connectivity index (χ1v) is 12.1. The molecule has 2 amide bonds. The number of aryl methyl sites for hydroxylation is 1. The maximum Gasteiger partial charge on any atom is 0.242 e. The minimum absolute atomic E-state index is 0.0668. The van der Waals surface area contributed by atoms with Crippen LogP contribution in [-0.2, 0) is 22.6 Å². The van der Waals surface area contributed by atoms with Crippen LogP contribution in [0.5, 0.6) is 11.5 Å². The number of amides is 2. The lowest BCUT2D eigenvalue weighted by molar-refractivity contribution is -0.145. The average Bonchev–Trinajstić information content (AvgIpc) is 3.18. The first kappa shape index (κ1) is 25.7. The van der Waals surface area contributed by atoms with E-state index in [0.717, 1.165) is 36.3 Å². The van der Waals surface area contributed by atoms with E-state index in [4.69, 9.17) is 13.9 Å². The molecule has 34 heavy (non-hydrogen) atoms. The minimum Gasteiger partial charge on any atom is -0.493 e. The Kier molecular flexibility index (Phi) is 9.02. The van der Waals surface area contributed by atoms with Crippen molar-refractivity contribution < 1.29 is 23.5 Å². The highest BCUT2D eigenvalue weighted by Crippen LogP contribution is 2.29. The third-order valence-corrected chi connectivity index (χ3v) is 6.29. The summed E-state index contributed by atoms with van der Waals surface area (Å²) in [6, 6.07) is 9.59. The summed E-state index contributed by atoms with van der Waals surface area (Å²) in [6.45, 7) is 7.59. The molecular weight excluding hydrogens is 432 g/mol. The van der Waals surface area contributed by atoms with Crippen LogP contribution in [0.25, 0.3) is 0 Å². The van der Waals surface area contributed by atoms with Gasteiger partial charge in [-0.25, -0.2) is 0 Å². The highest BCUT2D eigenvalue weighted by Gasteiger charge is 2.31. The molecule has 0 radical (unpaired) electrons. The van der Waals surface area contributed by atoms with Crippen molar-refractivity contribution in [2.75, 3.05) is 33.9 Å². The maximum atomic E-state index is 13.5. The Labute approximate surface area is 203 Å². The zero-order valence-electron chi connectivity index (χ0n) is 21.1. The molecule has 0 aliphatic heterocycles. The van der Waals surface area contributed by atoms with E-state index in [2.05, 4.69) is 13.8 Å². The van der Waals surface area contributed by atoms with Crippen molar-refractivity contribution in [3.63, 3.8) is 0 Å². The molecule has 0 saturated heterocycles. The molecule has 1 fully saturated rings. The van der Waals surface area contributed by atoms with Gasteiger partial charge in [0, 0.05) is 19.0 Å². The number of carbonyl (C=O) groups is 2. The lowest BCUT2D eigenvalue weighted by Gasteiger charge is -2.33. The van der Waals surface area contributed by atoms with Gasteiger partial charge in [-0.2, -0.15) is 0 Å². The van der Waals surface area contributed by atoms with Crippen molar-refractivity contribution in [1.29, 1.82) is 0 Å². The molecule has 2 aromatic rings. The molecule has 1 aromatic carbocycles. The van der Waals surface area contributed by atoms with Crippen LogP contribution in [0.15, 0.2) is 34.7 Å². The van der Waals surface area contributed by atoms with E-state index >= 15 is 0 Å². The molecule has 7 nitrogen and oxygen atoms in total. The highest BCUT2D eigenvalue weighted by atomic mass is 16.5. The van der Waals surface area contributed by atoms with E-state index in [0.29, 0.717) is 43.5 Å². The van der Waals surface area contributed by atoms with Gasteiger partial charge in [-0.1, -0.05) is 26.3 Å². The fraction of sp³-hybridized carbons (Fsp3) is 0.556. The van der Waals surface area contributed by atoms with Gasteiger partial charge in [0.1, 0.15) is 11.5 Å². The number of methoxy groups -OCH3 is 2. The SMILES string of the molecule is COc1ccc(CCN(Cc2ccc(C)o2)C(=O)CN(CC(C)C)C(=O)C2CCC2)cc1OC. The summed E-state index contributed by atoms with van der Waals surface area (Å²) in [7, 11) is 3.22. The van der Waals surface area contributed by atoms with Crippen molar-refractivity contribution in [2.45, 2.75) is 53.0 Å². The van der Waals surface area contributed by atoms with Crippen LogP contribution in [0.3, 0.4) is 0 Å². The first-order chi connectivity index (χ1) is 16.3. The lowest BCUT2D eigenvalue weighted by atomic mass is 9.84. The summed E-state index contributed by atoms with van der Waals surface area (Å²) in [5, 5.41) is 0. The van der Waals surface area contributed by atoms with Crippen LogP contribution in [0.1, 0.15) is 50.2 Å². The highest BCUT2D eigenvalue weighted by molar-refractivity contribution is 5.86. The molecule has 0 N–H and O–H groups in total. The number of hydrogen-bond donors (Lipinski definition) is 0. The van der Waals surface area contributed by atoms with Gasteiger partial charge in [0.05, 0.1) is 27.3 Å². The third kappa shape index (κ3) is 6.78. The molecule has 7 heteroatoms. The average molecular weight is 471 g/mol. The van der Waals surface area contributed by atoms with Crippen molar-refractivity contribution in [2.24, 2.45) is 11.8 Å². The Morgan fingerprint density at radius 3 is 2.35 bits per heavy atom. The fourth-order valence-electron chi connectivity index (χ4n) is 4.20. The molecule has 0 spiro atoms. The maximum absolute atomic E-state index is 13.5. The number of carbonyl (C=O) groups excluding carboxylic acids is 2. The van der Waals surface area contributed by atoms with E-state index in [9.17, 15) is 9.59 Å². The Bertz CT molecular complexity index is 964.